The Labute approximate surface area is 92.8 Å². The fraction of sp³-hybridized carbons (Fsp3) is 0.625. The van der Waals surface area contributed by atoms with Gasteiger partial charge in [0.15, 0.2) is 0 Å². The summed E-state index contributed by atoms with van der Waals surface area (Å²) in [5, 5.41) is 10.7. The number of nitrogens with two attached hydrogens (primary N) is 1. The van der Waals surface area contributed by atoms with Crippen molar-refractivity contribution in [3.05, 3.63) is 16.1 Å². The first-order valence-corrected chi connectivity index (χ1v) is 7.32. The first-order valence-electron chi connectivity index (χ1n) is 4.73. The zero-order valence-corrected chi connectivity index (χ0v) is 9.77. The number of nitrogens with one attached hydrogen (secondary N) is 1. The van der Waals surface area contributed by atoms with E-state index in [1.54, 1.807) is 0 Å². The largest absolute Gasteiger partial charge is 0.309 e. The molecule has 1 atom stereocenters. The van der Waals surface area contributed by atoms with E-state index in [9.17, 15) is 8.42 Å². The fourth-order valence-electron chi connectivity index (χ4n) is 1.66. The first-order chi connectivity index (χ1) is 7.04. The van der Waals surface area contributed by atoms with Gasteiger partial charge in [-0.1, -0.05) is 0 Å². The second-order valence-corrected chi connectivity index (χ2v) is 6.18. The predicted molar refractivity (Wildman–Crippen MR) is 58.9 cm³/mol. The van der Waals surface area contributed by atoms with Crippen molar-refractivity contribution in [2.75, 3.05) is 6.54 Å². The van der Waals surface area contributed by atoms with Gasteiger partial charge in [0, 0.05) is 5.38 Å². The van der Waals surface area contributed by atoms with Gasteiger partial charge in [0.2, 0.25) is 10.0 Å². The SMILES string of the molecule is NS(=O)(=O)Cc1nc([C@@H]2CCCN2)cs1. The molecule has 3 N–H and O–H groups in total. The Balaban J connectivity index is 2.10. The number of nitrogens with zero attached hydrogens (tertiary/aromatic N) is 1. The summed E-state index contributed by atoms with van der Waals surface area (Å²) in [5.41, 5.74) is 0.941. The van der Waals surface area contributed by atoms with Crippen LogP contribution < -0.4 is 10.5 Å². The minimum atomic E-state index is -3.46. The second-order valence-electron chi connectivity index (χ2n) is 3.62. The molecule has 1 saturated heterocycles. The zero-order chi connectivity index (χ0) is 10.9. The average Bonchev–Trinajstić information content (AvgIpc) is 2.68. The molecule has 0 unspecified atom stereocenters. The van der Waals surface area contributed by atoms with E-state index in [1.165, 1.54) is 11.3 Å². The maximum absolute atomic E-state index is 10.9. The van der Waals surface area contributed by atoms with E-state index < -0.39 is 10.0 Å². The summed E-state index contributed by atoms with van der Waals surface area (Å²) in [6.07, 6.45) is 2.21. The molecule has 1 aliphatic heterocycles. The maximum atomic E-state index is 10.9. The third-order valence-electron chi connectivity index (χ3n) is 2.31. The van der Waals surface area contributed by atoms with Crippen molar-refractivity contribution >= 4 is 21.4 Å². The smallest absolute Gasteiger partial charge is 0.215 e. The van der Waals surface area contributed by atoms with Gasteiger partial charge in [-0.3, -0.25) is 0 Å². The fourth-order valence-corrected chi connectivity index (χ4v) is 3.47. The molecule has 1 aromatic heterocycles. The predicted octanol–water partition coefficient (Wildman–Crippen LogP) is 0.356. The molecule has 0 saturated carbocycles. The van der Waals surface area contributed by atoms with E-state index in [0.29, 0.717) is 5.01 Å². The highest BCUT2D eigenvalue weighted by atomic mass is 32.2. The summed E-state index contributed by atoms with van der Waals surface area (Å²) in [6.45, 7) is 1.01. The molecule has 15 heavy (non-hydrogen) atoms. The molecule has 2 heterocycles. The second kappa shape index (κ2) is 4.17. The normalized spacial score (nSPS) is 22.1. The molecule has 1 aliphatic rings. The number of sulfonamides is 1. The lowest BCUT2D eigenvalue weighted by Crippen LogP contribution is -2.15. The van der Waals surface area contributed by atoms with Crippen LogP contribution in [-0.4, -0.2) is 19.9 Å². The summed E-state index contributed by atoms with van der Waals surface area (Å²) >= 11 is 1.35. The van der Waals surface area contributed by atoms with Gasteiger partial charge in [0.25, 0.3) is 0 Å². The molecule has 0 radical (unpaired) electrons. The molecule has 0 amide bonds. The molecule has 0 aliphatic carbocycles. The van der Waals surface area contributed by atoms with Crippen molar-refractivity contribution in [1.82, 2.24) is 10.3 Å². The molecule has 7 heteroatoms. The lowest BCUT2D eigenvalue weighted by Gasteiger charge is -2.04. The van der Waals surface area contributed by atoms with Gasteiger partial charge in [0.05, 0.1) is 11.7 Å². The molecule has 1 fully saturated rings. The van der Waals surface area contributed by atoms with E-state index in [2.05, 4.69) is 10.3 Å². The summed E-state index contributed by atoms with van der Waals surface area (Å²) in [4.78, 5) is 4.27. The molecular formula is C8H13N3O2S2. The molecule has 2 rings (SSSR count). The van der Waals surface area contributed by atoms with E-state index in [-0.39, 0.29) is 11.8 Å². The first kappa shape index (κ1) is 11.0. The van der Waals surface area contributed by atoms with Crippen LogP contribution in [0.1, 0.15) is 29.6 Å². The number of rotatable bonds is 3. The van der Waals surface area contributed by atoms with Crippen molar-refractivity contribution in [1.29, 1.82) is 0 Å². The maximum Gasteiger partial charge on any atom is 0.215 e. The Kier molecular flexibility index (Phi) is 3.06. The Morgan fingerprint density at radius 3 is 3.07 bits per heavy atom. The van der Waals surface area contributed by atoms with Crippen LogP contribution in [0.15, 0.2) is 5.38 Å². The quantitative estimate of drug-likeness (QED) is 0.807. The van der Waals surface area contributed by atoms with Crippen molar-refractivity contribution in [3.8, 4) is 0 Å². The van der Waals surface area contributed by atoms with E-state index in [4.69, 9.17) is 5.14 Å². The highest BCUT2D eigenvalue weighted by Gasteiger charge is 2.19. The van der Waals surface area contributed by atoms with Crippen molar-refractivity contribution < 1.29 is 8.42 Å². The summed E-state index contributed by atoms with van der Waals surface area (Å²) in [7, 11) is -3.46. The third-order valence-corrected chi connectivity index (χ3v) is 4.04. The molecule has 1 aromatic rings. The van der Waals surface area contributed by atoms with Gasteiger partial charge >= 0.3 is 0 Å². The molecule has 0 spiro atoms. The van der Waals surface area contributed by atoms with Gasteiger partial charge < -0.3 is 5.32 Å². The van der Waals surface area contributed by atoms with E-state index in [0.717, 1.165) is 25.1 Å². The van der Waals surface area contributed by atoms with Gasteiger partial charge in [-0.2, -0.15) is 0 Å². The minimum absolute atomic E-state index is 0.162. The van der Waals surface area contributed by atoms with Crippen molar-refractivity contribution in [2.24, 2.45) is 5.14 Å². The van der Waals surface area contributed by atoms with Gasteiger partial charge in [-0.25, -0.2) is 18.5 Å². The molecule has 5 nitrogen and oxygen atoms in total. The van der Waals surface area contributed by atoms with E-state index >= 15 is 0 Å². The standard InChI is InChI=1S/C8H13N3O2S2/c9-15(12,13)5-8-11-7(4-14-8)6-2-1-3-10-6/h4,6,10H,1-3,5H2,(H2,9,12,13)/t6-/m0/s1. The lowest BCUT2D eigenvalue weighted by atomic mass is 10.2. The van der Waals surface area contributed by atoms with Gasteiger partial charge in [-0.15, -0.1) is 11.3 Å². The Morgan fingerprint density at radius 1 is 1.67 bits per heavy atom. The average molecular weight is 247 g/mol. The monoisotopic (exact) mass is 247 g/mol. The Bertz CT molecular complexity index is 434. The highest BCUT2D eigenvalue weighted by Crippen LogP contribution is 2.24. The van der Waals surface area contributed by atoms with Crippen LogP contribution in [0, 0.1) is 0 Å². The van der Waals surface area contributed by atoms with Crippen molar-refractivity contribution in [3.63, 3.8) is 0 Å². The zero-order valence-electron chi connectivity index (χ0n) is 8.14. The van der Waals surface area contributed by atoms with Crippen LogP contribution in [0.3, 0.4) is 0 Å². The number of thiazole rings is 1. The topological polar surface area (TPSA) is 85.1 Å². The summed E-state index contributed by atoms with van der Waals surface area (Å²) < 4.78 is 21.7. The van der Waals surface area contributed by atoms with Gasteiger partial charge in [0.1, 0.15) is 10.8 Å². The number of primary sulfonamides is 1. The third kappa shape index (κ3) is 2.97. The highest BCUT2D eigenvalue weighted by molar-refractivity contribution is 7.88. The number of hydrogen-bond donors (Lipinski definition) is 2. The minimum Gasteiger partial charge on any atom is -0.309 e. The van der Waals surface area contributed by atoms with E-state index in [1.807, 2.05) is 5.38 Å². The van der Waals surface area contributed by atoms with Gasteiger partial charge in [-0.05, 0) is 19.4 Å². The van der Waals surface area contributed by atoms with Crippen molar-refractivity contribution in [2.45, 2.75) is 24.6 Å². The molecular weight excluding hydrogens is 234 g/mol. The molecule has 0 aromatic carbocycles. The van der Waals surface area contributed by atoms with Crippen LogP contribution in [0.5, 0.6) is 0 Å². The summed E-state index contributed by atoms with van der Waals surface area (Å²) in [6, 6.07) is 0.287. The molecule has 0 bridgehead atoms. The van der Waals surface area contributed by atoms with Crippen LogP contribution in [0.2, 0.25) is 0 Å². The lowest BCUT2D eigenvalue weighted by molar-refractivity contribution is 0.596. The van der Waals surface area contributed by atoms with Crippen LogP contribution >= 0.6 is 11.3 Å². The van der Waals surface area contributed by atoms with Crippen LogP contribution in [0.4, 0.5) is 0 Å². The summed E-state index contributed by atoms with van der Waals surface area (Å²) in [5.74, 6) is -0.162. The van der Waals surface area contributed by atoms with Crippen LogP contribution in [0.25, 0.3) is 0 Å². The Hall–Kier alpha value is -0.500. The Morgan fingerprint density at radius 2 is 2.47 bits per heavy atom. The number of hydrogen-bond acceptors (Lipinski definition) is 5. The number of aromatic nitrogens is 1. The molecule has 84 valence electrons. The van der Waals surface area contributed by atoms with Crippen LogP contribution in [-0.2, 0) is 15.8 Å².